The normalized spacial score (nSPS) is 14.8. The standard InChI is InChI=1S/C44H78NO9P/c1-6-8-10-11-12-13-14-15-16-17-18-21-25-28-32-36-44(48)54-42(40-53-55(49,50)52-38-37-45(3,4)5)39-51-43(47)35-31-27-24-22-19-20-23-26-30-34-41(46)33-29-9-7-2/h9,12-13,15-16,23,26,29-30,34,41-42,46H,6-8,10-11,14,17-22,24-25,27-28,31-33,35-40H2,1-5H3/p+1/b13-12-,16-15-,26-23+,29-9+,34-30+/t41?,42-/m1/s1. The fourth-order valence-electron chi connectivity index (χ4n) is 5.25. The Kier molecular flexibility index (Phi) is 34.5. The van der Waals surface area contributed by atoms with Crippen molar-refractivity contribution in [2.45, 2.75) is 161 Å². The average Bonchev–Trinajstić information content (AvgIpc) is 3.12. The van der Waals surface area contributed by atoms with Gasteiger partial charge in [0.1, 0.15) is 19.8 Å². The summed E-state index contributed by atoms with van der Waals surface area (Å²) in [5.41, 5.74) is 0. The summed E-state index contributed by atoms with van der Waals surface area (Å²) < 4.78 is 34.2. The predicted molar refractivity (Wildman–Crippen MR) is 225 cm³/mol. The molecular formula is C44H79NO9P+. The van der Waals surface area contributed by atoms with E-state index < -0.39 is 38.6 Å². The first kappa shape index (κ1) is 52.7. The van der Waals surface area contributed by atoms with Crippen LogP contribution in [0, 0.1) is 0 Å². The molecule has 0 saturated heterocycles. The lowest BCUT2D eigenvalue weighted by atomic mass is 10.1. The zero-order chi connectivity index (χ0) is 40.9. The molecule has 0 fully saturated rings. The molecule has 0 aromatic heterocycles. The van der Waals surface area contributed by atoms with E-state index in [1.165, 1.54) is 25.7 Å². The first-order valence-electron chi connectivity index (χ1n) is 21.1. The van der Waals surface area contributed by atoms with Crippen molar-refractivity contribution >= 4 is 19.8 Å². The van der Waals surface area contributed by atoms with Crippen LogP contribution in [0.5, 0.6) is 0 Å². The summed E-state index contributed by atoms with van der Waals surface area (Å²) in [5, 5.41) is 9.87. The first-order valence-corrected chi connectivity index (χ1v) is 22.6. The van der Waals surface area contributed by atoms with E-state index in [1.807, 2.05) is 45.4 Å². The van der Waals surface area contributed by atoms with Gasteiger partial charge in [0.2, 0.25) is 0 Å². The van der Waals surface area contributed by atoms with Gasteiger partial charge in [0.15, 0.2) is 6.10 Å². The number of quaternary nitrogens is 1. The topological polar surface area (TPSA) is 129 Å². The van der Waals surface area contributed by atoms with Gasteiger partial charge in [-0.15, -0.1) is 0 Å². The number of ether oxygens (including phenoxy) is 2. The summed E-state index contributed by atoms with van der Waals surface area (Å²) >= 11 is 0. The molecule has 0 saturated carbocycles. The molecule has 10 nitrogen and oxygen atoms in total. The van der Waals surface area contributed by atoms with Crippen LogP contribution in [0.15, 0.2) is 60.8 Å². The number of allylic oxidation sites excluding steroid dienone is 8. The van der Waals surface area contributed by atoms with E-state index in [0.29, 0.717) is 30.3 Å². The highest BCUT2D eigenvalue weighted by Gasteiger charge is 2.27. The number of carbonyl (C=O) groups excluding carboxylic acids is 2. The van der Waals surface area contributed by atoms with Crippen LogP contribution in [-0.2, 0) is 32.7 Å². The molecule has 0 amide bonds. The Hall–Kier alpha value is -2.33. The number of hydrogen-bond donors (Lipinski definition) is 2. The number of carbonyl (C=O) groups is 2. The molecule has 0 aliphatic heterocycles. The molecule has 0 rings (SSSR count). The summed E-state index contributed by atoms with van der Waals surface area (Å²) in [5.74, 6) is -0.874. The van der Waals surface area contributed by atoms with Gasteiger partial charge in [-0.1, -0.05) is 126 Å². The van der Waals surface area contributed by atoms with Crippen LogP contribution >= 0.6 is 7.82 Å². The molecule has 0 bridgehead atoms. The number of esters is 2. The number of rotatable bonds is 37. The Bertz CT molecular complexity index is 1140. The molecule has 0 spiro atoms. The summed E-state index contributed by atoms with van der Waals surface area (Å²) in [7, 11) is 1.41. The second-order valence-corrected chi connectivity index (χ2v) is 16.6. The van der Waals surface area contributed by atoms with E-state index >= 15 is 0 Å². The summed E-state index contributed by atoms with van der Waals surface area (Å²) in [6, 6.07) is 0. The second kappa shape index (κ2) is 36.0. The molecule has 0 aromatic carbocycles. The summed E-state index contributed by atoms with van der Waals surface area (Å²) in [6.45, 7) is 4.10. The third kappa shape index (κ3) is 39.7. The van der Waals surface area contributed by atoms with Gasteiger partial charge in [0, 0.05) is 12.8 Å². The molecule has 0 aliphatic carbocycles. The lowest BCUT2D eigenvalue weighted by Gasteiger charge is -2.24. The van der Waals surface area contributed by atoms with Gasteiger partial charge >= 0.3 is 19.8 Å². The Morgan fingerprint density at radius 1 is 0.673 bits per heavy atom. The third-order valence-corrected chi connectivity index (χ3v) is 9.60. The number of aliphatic hydroxyl groups is 1. The van der Waals surface area contributed by atoms with Crippen molar-refractivity contribution in [1.29, 1.82) is 0 Å². The Morgan fingerprint density at radius 3 is 1.87 bits per heavy atom. The zero-order valence-corrected chi connectivity index (χ0v) is 36.1. The van der Waals surface area contributed by atoms with Gasteiger partial charge < -0.3 is 24.0 Å². The number of nitrogens with zero attached hydrogens (tertiary/aromatic N) is 1. The molecule has 2 N–H and O–H groups in total. The van der Waals surface area contributed by atoms with Gasteiger partial charge in [-0.25, -0.2) is 4.57 Å². The Balaban J connectivity index is 4.49. The average molecular weight is 797 g/mol. The van der Waals surface area contributed by atoms with E-state index in [-0.39, 0.29) is 26.1 Å². The number of likely N-dealkylation sites (N-methyl/N-ethyl adjacent to an activating group) is 1. The first-order chi connectivity index (χ1) is 26.4. The highest BCUT2D eigenvalue weighted by Crippen LogP contribution is 2.43. The monoisotopic (exact) mass is 797 g/mol. The summed E-state index contributed by atoms with van der Waals surface area (Å²) in [4.78, 5) is 35.3. The van der Waals surface area contributed by atoms with Crippen LogP contribution in [-0.4, -0.2) is 86.1 Å². The molecule has 2 unspecified atom stereocenters. The molecule has 55 heavy (non-hydrogen) atoms. The van der Waals surface area contributed by atoms with Crippen LogP contribution in [0.1, 0.15) is 149 Å². The van der Waals surface area contributed by atoms with Gasteiger partial charge in [-0.3, -0.25) is 18.6 Å². The lowest BCUT2D eigenvalue weighted by Crippen LogP contribution is -2.37. The predicted octanol–water partition coefficient (Wildman–Crippen LogP) is 10.7. The van der Waals surface area contributed by atoms with Crippen molar-refractivity contribution in [3.05, 3.63) is 60.8 Å². The van der Waals surface area contributed by atoms with Crippen molar-refractivity contribution in [2.75, 3.05) is 47.5 Å². The quantitative estimate of drug-likeness (QED) is 0.0158. The minimum Gasteiger partial charge on any atom is -0.462 e. The summed E-state index contributed by atoms with van der Waals surface area (Å²) in [6.07, 6.45) is 38.8. The fourth-order valence-corrected chi connectivity index (χ4v) is 6.00. The van der Waals surface area contributed by atoms with E-state index in [4.69, 9.17) is 18.5 Å². The molecule has 0 radical (unpaired) electrons. The maximum atomic E-state index is 12.7. The van der Waals surface area contributed by atoms with Gasteiger partial charge in [-0.05, 0) is 70.6 Å². The number of phosphoric acid groups is 1. The number of phosphoric ester groups is 1. The molecule has 0 heterocycles. The van der Waals surface area contributed by atoms with Crippen molar-refractivity contribution in [1.82, 2.24) is 0 Å². The highest BCUT2D eigenvalue weighted by atomic mass is 31.2. The van der Waals surface area contributed by atoms with Gasteiger partial charge in [-0.2, -0.15) is 0 Å². The van der Waals surface area contributed by atoms with Crippen LogP contribution < -0.4 is 0 Å². The number of aliphatic hydroxyl groups excluding tert-OH is 1. The maximum absolute atomic E-state index is 12.7. The van der Waals surface area contributed by atoms with Crippen molar-refractivity contribution in [3.8, 4) is 0 Å². The van der Waals surface area contributed by atoms with Crippen LogP contribution in [0.2, 0.25) is 0 Å². The number of unbranched alkanes of at least 4 members (excludes halogenated alkanes) is 13. The van der Waals surface area contributed by atoms with Crippen LogP contribution in [0.25, 0.3) is 0 Å². The molecule has 0 aliphatic rings. The minimum atomic E-state index is -4.40. The molecule has 11 heteroatoms. The highest BCUT2D eigenvalue weighted by molar-refractivity contribution is 7.47. The van der Waals surface area contributed by atoms with E-state index in [2.05, 4.69) is 44.2 Å². The Morgan fingerprint density at radius 2 is 1.25 bits per heavy atom. The molecule has 3 atom stereocenters. The van der Waals surface area contributed by atoms with Gasteiger partial charge in [0.25, 0.3) is 0 Å². The van der Waals surface area contributed by atoms with Crippen LogP contribution in [0.3, 0.4) is 0 Å². The second-order valence-electron chi connectivity index (χ2n) is 15.2. The lowest BCUT2D eigenvalue weighted by molar-refractivity contribution is -0.870. The SMILES string of the molecule is CC/C=C/CC(O)/C=C/C=C/CCCCCCCC(=O)OC[C@H](COP(=O)(O)OCC[N+](C)(C)C)OC(=O)CCCCCCC/C=C\C/C=C\CCCCC. The largest absolute Gasteiger partial charge is 0.472 e. The van der Waals surface area contributed by atoms with Crippen molar-refractivity contribution in [3.63, 3.8) is 0 Å². The zero-order valence-electron chi connectivity index (χ0n) is 35.3. The van der Waals surface area contributed by atoms with Gasteiger partial charge in [0.05, 0.1) is 33.9 Å². The van der Waals surface area contributed by atoms with Crippen LogP contribution in [0.4, 0.5) is 0 Å². The Labute approximate surface area is 335 Å². The van der Waals surface area contributed by atoms with Crippen molar-refractivity contribution < 1.29 is 47.2 Å². The smallest absolute Gasteiger partial charge is 0.462 e. The van der Waals surface area contributed by atoms with Crippen molar-refractivity contribution in [2.24, 2.45) is 0 Å². The van der Waals surface area contributed by atoms with E-state index in [0.717, 1.165) is 77.0 Å². The molecule has 318 valence electrons. The molecule has 0 aromatic rings. The maximum Gasteiger partial charge on any atom is 0.472 e. The van der Waals surface area contributed by atoms with E-state index in [9.17, 15) is 24.2 Å². The minimum absolute atomic E-state index is 0.0139. The third-order valence-electron chi connectivity index (χ3n) is 8.61. The number of hydrogen-bond acceptors (Lipinski definition) is 8. The van der Waals surface area contributed by atoms with E-state index in [1.54, 1.807) is 6.08 Å². The molecular weight excluding hydrogens is 717 g/mol. The fraction of sp³-hybridized carbons (Fsp3) is 0.727.